The molecular weight excluding hydrogens is 313 g/mol. The number of halogens is 2. The lowest BCUT2D eigenvalue weighted by molar-refractivity contribution is 0.311. The average molecular weight is 324 g/mol. The van der Waals surface area contributed by atoms with Gasteiger partial charge in [-0.25, -0.2) is 9.97 Å². The molecule has 0 saturated heterocycles. The first-order valence-corrected chi connectivity index (χ1v) is 7.00. The van der Waals surface area contributed by atoms with Crippen molar-refractivity contribution in [2.24, 2.45) is 0 Å². The summed E-state index contributed by atoms with van der Waals surface area (Å²) in [4.78, 5) is 9.01. The Bertz CT molecular complexity index is 775. The second-order valence-corrected chi connectivity index (χ2v) is 5.12. The average Bonchev–Trinajstić information content (AvgIpc) is 3.00. The van der Waals surface area contributed by atoms with Crippen molar-refractivity contribution < 1.29 is 9.52 Å². The predicted molar refractivity (Wildman–Crippen MR) is 82.8 cm³/mol. The summed E-state index contributed by atoms with van der Waals surface area (Å²) in [5.74, 6) is 1.10. The van der Waals surface area contributed by atoms with E-state index in [1.807, 2.05) is 0 Å². The SMILES string of the molecule is OCCNc1nc2cc(Cl)c(Cl)cc2nc1-c1ccco1. The van der Waals surface area contributed by atoms with Gasteiger partial charge in [-0.2, -0.15) is 0 Å². The molecule has 1 aromatic carbocycles. The van der Waals surface area contributed by atoms with Crippen molar-refractivity contribution >= 4 is 40.1 Å². The minimum absolute atomic E-state index is 0.0152. The number of anilines is 1. The van der Waals surface area contributed by atoms with Crippen LogP contribution in [0.4, 0.5) is 5.82 Å². The molecule has 21 heavy (non-hydrogen) atoms. The maximum absolute atomic E-state index is 8.97. The minimum atomic E-state index is -0.0152. The van der Waals surface area contributed by atoms with Crippen LogP contribution >= 0.6 is 23.2 Å². The molecule has 0 bridgehead atoms. The number of aliphatic hydroxyl groups excluding tert-OH is 1. The second kappa shape index (κ2) is 5.89. The van der Waals surface area contributed by atoms with Gasteiger partial charge in [0.25, 0.3) is 0 Å². The monoisotopic (exact) mass is 323 g/mol. The van der Waals surface area contributed by atoms with Crippen LogP contribution in [0.15, 0.2) is 34.9 Å². The molecule has 3 rings (SSSR count). The Kier molecular flexibility index (Phi) is 3.96. The zero-order chi connectivity index (χ0) is 14.8. The van der Waals surface area contributed by atoms with Crippen LogP contribution in [0.2, 0.25) is 10.0 Å². The highest BCUT2D eigenvalue weighted by Crippen LogP contribution is 2.31. The molecule has 0 fully saturated rings. The van der Waals surface area contributed by atoms with Crippen molar-refractivity contribution in [2.75, 3.05) is 18.5 Å². The Labute approximate surface area is 130 Å². The number of nitrogens with zero attached hydrogens (tertiary/aromatic N) is 2. The number of rotatable bonds is 4. The smallest absolute Gasteiger partial charge is 0.156 e. The topological polar surface area (TPSA) is 71.2 Å². The molecule has 7 heteroatoms. The van der Waals surface area contributed by atoms with Crippen LogP contribution < -0.4 is 5.32 Å². The molecule has 5 nitrogen and oxygen atoms in total. The highest BCUT2D eigenvalue weighted by atomic mass is 35.5. The summed E-state index contributed by atoms with van der Waals surface area (Å²) < 4.78 is 5.38. The van der Waals surface area contributed by atoms with Gasteiger partial charge in [-0.3, -0.25) is 0 Å². The fourth-order valence-electron chi connectivity index (χ4n) is 1.93. The van der Waals surface area contributed by atoms with Gasteiger partial charge in [0.15, 0.2) is 11.6 Å². The Morgan fingerprint density at radius 2 is 1.86 bits per heavy atom. The number of aliphatic hydroxyl groups is 1. The summed E-state index contributed by atoms with van der Waals surface area (Å²) in [6.07, 6.45) is 1.56. The molecular formula is C14H11Cl2N3O2. The lowest BCUT2D eigenvalue weighted by Gasteiger charge is -2.10. The molecule has 0 spiro atoms. The molecule has 0 aliphatic rings. The van der Waals surface area contributed by atoms with E-state index in [-0.39, 0.29) is 6.61 Å². The van der Waals surface area contributed by atoms with E-state index in [1.165, 1.54) is 0 Å². The van der Waals surface area contributed by atoms with E-state index >= 15 is 0 Å². The van der Waals surface area contributed by atoms with Crippen LogP contribution in [0.1, 0.15) is 0 Å². The van der Waals surface area contributed by atoms with E-state index < -0.39 is 0 Å². The Morgan fingerprint density at radius 3 is 2.48 bits per heavy atom. The first-order chi connectivity index (χ1) is 10.2. The maximum Gasteiger partial charge on any atom is 0.156 e. The maximum atomic E-state index is 8.97. The van der Waals surface area contributed by atoms with Crippen LogP contribution in [-0.2, 0) is 0 Å². The zero-order valence-corrected chi connectivity index (χ0v) is 12.3. The predicted octanol–water partition coefficient (Wildman–Crippen LogP) is 3.60. The van der Waals surface area contributed by atoms with Crippen molar-refractivity contribution in [3.8, 4) is 11.5 Å². The van der Waals surface area contributed by atoms with Crippen molar-refractivity contribution in [1.82, 2.24) is 9.97 Å². The van der Waals surface area contributed by atoms with Gasteiger partial charge >= 0.3 is 0 Å². The zero-order valence-electron chi connectivity index (χ0n) is 10.8. The number of aromatic nitrogens is 2. The molecule has 2 N–H and O–H groups in total. The molecule has 0 atom stereocenters. The van der Waals surface area contributed by atoms with Gasteiger partial charge in [0.1, 0.15) is 5.69 Å². The molecule has 2 heterocycles. The Balaban J connectivity index is 2.20. The first kappa shape index (κ1) is 14.1. The Morgan fingerprint density at radius 1 is 1.14 bits per heavy atom. The highest BCUT2D eigenvalue weighted by Gasteiger charge is 2.14. The third kappa shape index (κ3) is 2.81. The van der Waals surface area contributed by atoms with Crippen molar-refractivity contribution in [3.63, 3.8) is 0 Å². The number of nitrogens with one attached hydrogen (secondary N) is 1. The Hall–Kier alpha value is -1.82. The van der Waals surface area contributed by atoms with E-state index in [1.54, 1.807) is 30.5 Å². The normalized spacial score (nSPS) is 11.0. The molecule has 2 aromatic heterocycles. The second-order valence-electron chi connectivity index (χ2n) is 4.30. The summed E-state index contributed by atoms with van der Waals surface area (Å²) in [7, 11) is 0. The number of benzene rings is 1. The van der Waals surface area contributed by atoms with Gasteiger partial charge in [-0.1, -0.05) is 23.2 Å². The van der Waals surface area contributed by atoms with Gasteiger partial charge in [-0.05, 0) is 24.3 Å². The molecule has 0 aliphatic carbocycles. The standard InChI is InChI=1S/C14H11Cl2N3O2/c15-8-6-10-11(7-9(8)16)19-14(17-3-4-20)13(18-10)12-2-1-5-21-12/h1-2,5-7,20H,3-4H2,(H,17,19). The molecule has 0 saturated carbocycles. The fraction of sp³-hybridized carbons (Fsp3) is 0.143. The largest absolute Gasteiger partial charge is 0.463 e. The van der Waals surface area contributed by atoms with Crippen molar-refractivity contribution in [2.45, 2.75) is 0 Å². The van der Waals surface area contributed by atoms with E-state index in [9.17, 15) is 0 Å². The van der Waals surface area contributed by atoms with Crippen molar-refractivity contribution in [3.05, 3.63) is 40.6 Å². The molecule has 0 radical (unpaired) electrons. The van der Waals surface area contributed by atoms with Crippen LogP contribution in [0.3, 0.4) is 0 Å². The van der Waals surface area contributed by atoms with E-state index in [2.05, 4.69) is 15.3 Å². The van der Waals surface area contributed by atoms with Crippen LogP contribution in [-0.4, -0.2) is 28.2 Å². The van der Waals surface area contributed by atoms with Gasteiger partial charge in [0, 0.05) is 6.54 Å². The lowest BCUT2D eigenvalue weighted by atomic mass is 10.2. The lowest BCUT2D eigenvalue weighted by Crippen LogP contribution is -2.09. The minimum Gasteiger partial charge on any atom is -0.463 e. The van der Waals surface area contributed by atoms with Gasteiger partial charge in [-0.15, -0.1) is 0 Å². The van der Waals surface area contributed by atoms with Crippen molar-refractivity contribution in [1.29, 1.82) is 0 Å². The summed E-state index contributed by atoms with van der Waals surface area (Å²) >= 11 is 12.0. The number of fused-ring (bicyclic) bond motifs is 1. The van der Waals surface area contributed by atoms with Gasteiger partial charge in [0.05, 0.1) is 33.9 Å². The highest BCUT2D eigenvalue weighted by molar-refractivity contribution is 6.42. The quantitative estimate of drug-likeness (QED) is 0.767. The van der Waals surface area contributed by atoms with Crippen LogP contribution in [0.25, 0.3) is 22.5 Å². The summed E-state index contributed by atoms with van der Waals surface area (Å²) in [6.45, 7) is 0.341. The van der Waals surface area contributed by atoms with E-state index in [4.69, 9.17) is 32.7 Å². The summed E-state index contributed by atoms with van der Waals surface area (Å²) in [5.41, 5.74) is 1.78. The molecule has 0 unspecified atom stereocenters. The summed E-state index contributed by atoms with van der Waals surface area (Å²) in [6, 6.07) is 6.88. The first-order valence-electron chi connectivity index (χ1n) is 6.24. The summed E-state index contributed by atoms with van der Waals surface area (Å²) in [5, 5.41) is 12.8. The molecule has 0 amide bonds. The molecule has 0 aliphatic heterocycles. The molecule has 108 valence electrons. The van der Waals surface area contributed by atoms with Crippen LogP contribution in [0, 0.1) is 0 Å². The molecule has 3 aromatic rings. The number of hydrogen-bond donors (Lipinski definition) is 2. The number of furan rings is 1. The van der Waals surface area contributed by atoms with Gasteiger partial charge < -0.3 is 14.8 Å². The third-order valence-electron chi connectivity index (χ3n) is 2.87. The van der Waals surface area contributed by atoms with E-state index in [0.717, 1.165) is 0 Å². The number of hydrogen-bond acceptors (Lipinski definition) is 5. The fourth-order valence-corrected chi connectivity index (χ4v) is 2.25. The van der Waals surface area contributed by atoms with Crippen LogP contribution in [0.5, 0.6) is 0 Å². The van der Waals surface area contributed by atoms with Gasteiger partial charge in [0.2, 0.25) is 0 Å². The third-order valence-corrected chi connectivity index (χ3v) is 3.59. The van der Waals surface area contributed by atoms with E-state index in [0.29, 0.717) is 44.9 Å².